The van der Waals surface area contributed by atoms with E-state index >= 15 is 0 Å². The maximum atomic E-state index is 12.0. The van der Waals surface area contributed by atoms with Gasteiger partial charge in [-0.2, -0.15) is 0 Å². The SMILES string of the molecule is OC(CNCc1c[nH]c2ncccc12)C(F)F. The number of aromatic nitrogens is 2. The highest BCUT2D eigenvalue weighted by Gasteiger charge is 2.15. The molecule has 0 fully saturated rings. The number of aliphatic hydroxyl groups is 1. The van der Waals surface area contributed by atoms with Gasteiger partial charge in [-0.05, 0) is 17.7 Å². The van der Waals surface area contributed by atoms with Crippen molar-refractivity contribution in [2.45, 2.75) is 19.1 Å². The summed E-state index contributed by atoms with van der Waals surface area (Å²) < 4.78 is 24.1. The molecule has 0 saturated heterocycles. The van der Waals surface area contributed by atoms with Crippen molar-refractivity contribution in [3.63, 3.8) is 0 Å². The molecule has 2 aromatic rings. The molecule has 1 atom stereocenters. The summed E-state index contributed by atoms with van der Waals surface area (Å²) in [6.45, 7) is 0.278. The minimum Gasteiger partial charge on any atom is -0.386 e. The van der Waals surface area contributed by atoms with Crippen LogP contribution in [0.3, 0.4) is 0 Å². The lowest BCUT2D eigenvalue weighted by Gasteiger charge is -2.09. The van der Waals surface area contributed by atoms with E-state index in [0.29, 0.717) is 6.54 Å². The number of aromatic amines is 1. The Balaban J connectivity index is 1.95. The van der Waals surface area contributed by atoms with Gasteiger partial charge < -0.3 is 15.4 Å². The maximum absolute atomic E-state index is 12.0. The van der Waals surface area contributed by atoms with Crippen molar-refractivity contribution in [1.29, 1.82) is 0 Å². The summed E-state index contributed by atoms with van der Waals surface area (Å²) in [6, 6.07) is 3.72. The van der Waals surface area contributed by atoms with Gasteiger partial charge in [-0.15, -0.1) is 0 Å². The fraction of sp³-hybridized carbons (Fsp3) is 0.364. The molecule has 0 aromatic carbocycles. The molecular formula is C11H13F2N3O. The van der Waals surface area contributed by atoms with Crippen LogP contribution in [0.15, 0.2) is 24.5 Å². The second-order valence-electron chi connectivity index (χ2n) is 3.75. The molecule has 0 aliphatic heterocycles. The molecule has 0 bridgehead atoms. The van der Waals surface area contributed by atoms with E-state index in [4.69, 9.17) is 5.11 Å². The zero-order valence-electron chi connectivity index (χ0n) is 9.03. The van der Waals surface area contributed by atoms with E-state index in [2.05, 4.69) is 15.3 Å². The Hall–Kier alpha value is -1.53. The highest BCUT2D eigenvalue weighted by Crippen LogP contribution is 2.15. The van der Waals surface area contributed by atoms with Crippen LogP contribution in [-0.2, 0) is 6.54 Å². The number of halogens is 2. The largest absolute Gasteiger partial charge is 0.386 e. The number of H-pyrrole nitrogens is 1. The highest BCUT2D eigenvalue weighted by molar-refractivity contribution is 5.79. The third-order valence-corrected chi connectivity index (χ3v) is 2.50. The van der Waals surface area contributed by atoms with Crippen molar-refractivity contribution in [3.8, 4) is 0 Å². The normalized spacial score (nSPS) is 13.4. The first-order chi connectivity index (χ1) is 8.18. The standard InChI is InChI=1S/C11H13F2N3O/c12-10(13)9(17)6-14-4-7-5-16-11-8(7)2-1-3-15-11/h1-3,5,9-10,14,17H,4,6H2,(H,15,16). The molecule has 0 saturated carbocycles. The van der Waals surface area contributed by atoms with Crippen LogP contribution in [0.1, 0.15) is 5.56 Å². The lowest BCUT2D eigenvalue weighted by Crippen LogP contribution is -2.31. The van der Waals surface area contributed by atoms with Gasteiger partial charge in [0.15, 0.2) is 0 Å². The van der Waals surface area contributed by atoms with Gasteiger partial charge in [0.2, 0.25) is 0 Å². The second-order valence-corrected chi connectivity index (χ2v) is 3.75. The number of alkyl halides is 2. The zero-order chi connectivity index (χ0) is 12.3. The number of hydrogen-bond acceptors (Lipinski definition) is 3. The van der Waals surface area contributed by atoms with E-state index in [1.165, 1.54) is 0 Å². The van der Waals surface area contributed by atoms with Crippen LogP contribution in [0.5, 0.6) is 0 Å². The molecule has 17 heavy (non-hydrogen) atoms. The lowest BCUT2D eigenvalue weighted by atomic mass is 10.2. The van der Waals surface area contributed by atoms with Gasteiger partial charge >= 0.3 is 0 Å². The quantitative estimate of drug-likeness (QED) is 0.739. The molecule has 6 heteroatoms. The van der Waals surface area contributed by atoms with Gasteiger partial charge in [-0.25, -0.2) is 13.8 Å². The van der Waals surface area contributed by atoms with Crippen molar-refractivity contribution < 1.29 is 13.9 Å². The Morgan fingerprint density at radius 3 is 3.06 bits per heavy atom. The molecule has 0 radical (unpaired) electrons. The maximum Gasteiger partial charge on any atom is 0.265 e. The van der Waals surface area contributed by atoms with Gasteiger partial charge in [0.05, 0.1) is 0 Å². The van der Waals surface area contributed by atoms with Crippen LogP contribution in [0.2, 0.25) is 0 Å². The Labute approximate surface area is 96.7 Å². The van der Waals surface area contributed by atoms with Crippen molar-refractivity contribution in [2.75, 3.05) is 6.54 Å². The predicted octanol–water partition coefficient (Wildman–Crippen LogP) is 1.28. The average molecular weight is 241 g/mol. The molecule has 2 rings (SSSR count). The van der Waals surface area contributed by atoms with Crippen LogP contribution in [0, 0.1) is 0 Å². The van der Waals surface area contributed by atoms with Crippen molar-refractivity contribution in [3.05, 3.63) is 30.1 Å². The third-order valence-electron chi connectivity index (χ3n) is 2.50. The van der Waals surface area contributed by atoms with E-state index in [9.17, 15) is 8.78 Å². The van der Waals surface area contributed by atoms with Gasteiger partial charge in [-0.1, -0.05) is 0 Å². The molecule has 2 heterocycles. The summed E-state index contributed by atoms with van der Waals surface area (Å²) in [5.41, 5.74) is 1.70. The molecule has 4 nitrogen and oxygen atoms in total. The van der Waals surface area contributed by atoms with Gasteiger partial charge in [-0.3, -0.25) is 0 Å². The topological polar surface area (TPSA) is 60.9 Å². The minimum atomic E-state index is -2.72. The first-order valence-corrected chi connectivity index (χ1v) is 5.26. The fourth-order valence-corrected chi connectivity index (χ4v) is 1.60. The average Bonchev–Trinajstić information content (AvgIpc) is 2.72. The molecular weight excluding hydrogens is 228 g/mol. The predicted molar refractivity (Wildman–Crippen MR) is 59.8 cm³/mol. The molecule has 0 spiro atoms. The number of fused-ring (bicyclic) bond motifs is 1. The minimum absolute atomic E-state index is 0.134. The Morgan fingerprint density at radius 1 is 1.47 bits per heavy atom. The number of hydrogen-bond donors (Lipinski definition) is 3. The number of aliphatic hydroxyl groups excluding tert-OH is 1. The monoisotopic (exact) mass is 241 g/mol. The summed E-state index contributed by atoms with van der Waals surface area (Å²) in [5.74, 6) is 0. The van der Waals surface area contributed by atoms with Crippen molar-refractivity contribution >= 4 is 11.0 Å². The van der Waals surface area contributed by atoms with Crippen LogP contribution < -0.4 is 5.32 Å². The van der Waals surface area contributed by atoms with Crippen LogP contribution in [0.25, 0.3) is 11.0 Å². The van der Waals surface area contributed by atoms with E-state index < -0.39 is 12.5 Å². The van der Waals surface area contributed by atoms with Gasteiger partial charge in [0.25, 0.3) is 6.43 Å². The van der Waals surface area contributed by atoms with Crippen molar-refractivity contribution in [1.82, 2.24) is 15.3 Å². The fourth-order valence-electron chi connectivity index (χ4n) is 1.60. The Kier molecular flexibility index (Phi) is 3.65. The number of nitrogens with one attached hydrogen (secondary N) is 2. The lowest BCUT2D eigenvalue weighted by molar-refractivity contribution is -0.00339. The van der Waals surface area contributed by atoms with Gasteiger partial charge in [0.1, 0.15) is 11.8 Å². The molecule has 1 unspecified atom stereocenters. The molecule has 92 valence electrons. The van der Waals surface area contributed by atoms with Crippen molar-refractivity contribution in [2.24, 2.45) is 0 Å². The van der Waals surface area contributed by atoms with E-state index in [1.807, 2.05) is 12.1 Å². The number of nitrogens with zero attached hydrogens (tertiary/aromatic N) is 1. The molecule has 0 amide bonds. The zero-order valence-corrected chi connectivity index (χ0v) is 9.03. The van der Waals surface area contributed by atoms with Gasteiger partial charge in [0, 0.05) is 30.9 Å². The first-order valence-electron chi connectivity index (χ1n) is 5.26. The van der Waals surface area contributed by atoms with Crippen LogP contribution >= 0.6 is 0 Å². The van der Waals surface area contributed by atoms with Crippen LogP contribution in [-0.4, -0.2) is 34.1 Å². The summed E-state index contributed by atoms with van der Waals surface area (Å²) >= 11 is 0. The van der Waals surface area contributed by atoms with E-state index in [1.54, 1.807) is 12.4 Å². The Morgan fingerprint density at radius 2 is 2.29 bits per heavy atom. The molecule has 0 aliphatic rings. The number of pyridine rings is 1. The highest BCUT2D eigenvalue weighted by atomic mass is 19.3. The first kappa shape index (κ1) is 11.9. The van der Waals surface area contributed by atoms with E-state index in [0.717, 1.165) is 16.6 Å². The summed E-state index contributed by atoms with van der Waals surface area (Å²) in [4.78, 5) is 7.11. The third kappa shape index (κ3) is 2.78. The van der Waals surface area contributed by atoms with Crippen LogP contribution in [0.4, 0.5) is 8.78 Å². The second kappa shape index (κ2) is 5.20. The summed E-state index contributed by atoms with van der Waals surface area (Å²) in [7, 11) is 0. The Bertz CT molecular complexity index is 486. The number of rotatable bonds is 5. The molecule has 2 aromatic heterocycles. The van der Waals surface area contributed by atoms with E-state index in [-0.39, 0.29) is 6.54 Å². The summed E-state index contributed by atoms with van der Waals surface area (Å²) in [6.07, 6.45) is -0.888. The molecule has 3 N–H and O–H groups in total. The summed E-state index contributed by atoms with van der Waals surface area (Å²) in [5, 5.41) is 12.7. The smallest absolute Gasteiger partial charge is 0.265 e. The molecule has 0 aliphatic carbocycles.